The second-order valence-corrected chi connectivity index (χ2v) is 6.64. The van der Waals surface area contributed by atoms with Crippen LogP contribution in [0.25, 0.3) is 0 Å². The molecule has 0 aliphatic rings. The number of aromatic amines is 1. The van der Waals surface area contributed by atoms with Crippen molar-refractivity contribution in [3.63, 3.8) is 0 Å². The van der Waals surface area contributed by atoms with Crippen molar-refractivity contribution in [2.24, 2.45) is 5.73 Å². The third-order valence-corrected chi connectivity index (χ3v) is 4.68. The molecule has 21 heavy (non-hydrogen) atoms. The standard InChI is InChI=1S/C11H11BrF2N4O2S/c1-5-7(4-15)11(17-16-5)21(19,20)18-10-8(12)2-6(13)3-9(10)14/h2-3,18H,4,15H2,1H3,(H,16,17). The van der Waals surface area contributed by atoms with Crippen LogP contribution in [0.1, 0.15) is 11.3 Å². The van der Waals surface area contributed by atoms with Crippen molar-refractivity contribution in [3.8, 4) is 0 Å². The van der Waals surface area contributed by atoms with Gasteiger partial charge in [0.15, 0.2) is 5.82 Å². The molecule has 0 saturated heterocycles. The number of nitrogens with two attached hydrogens (primary N) is 1. The molecule has 0 bridgehead atoms. The molecular weight excluding hydrogens is 370 g/mol. The van der Waals surface area contributed by atoms with Gasteiger partial charge in [0.2, 0.25) is 5.03 Å². The first-order chi connectivity index (χ1) is 9.76. The fraction of sp³-hybridized carbons (Fsp3) is 0.182. The van der Waals surface area contributed by atoms with Crippen molar-refractivity contribution in [2.75, 3.05) is 4.72 Å². The van der Waals surface area contributed by atoms with E-state index in [1.165, 1.54) is 0 Å². The molecule has 0 aliphatic heterocycles. The average molecular weight is 381 g/mol. The Kier molecular flexibility index (Phi) is 4.30. The van der Waals surface area contributed by atoms with Gasteiger partial charge >= 0.3 is 0 Å². The van der Waals surface area contributed by atoms with E-state index >= 15 is 0 Å². The van der Waals surface area contributed by atoms with Crippen LogP contribution in [0.3, 0.4) is 0 Å². The highest BCUT2D eigenvalue weighted by atomic mass is 79.9. The van der Waals surface area contributed by atoms with E-state index in [1.807, 2.05) is 4.72 Å². The van der Waals surface area contributed by atoms with Crippen molar-refractivity contribution < 1.29 is 17.2 Å². The molecular formula is C11H11BrF2N4O2S. The molecule has 1 aromatic carbocycles. The Balaban J connectivity index is 2.47. The summed E-state index contributed by atoms with van der Waals surface area (Å²) < 4.78 is 53.2. The second kappa shape index (κ2) is 5.70. The van der Waals surface area contributed by atoms with Crippen LogP contribution in [0.5, 0.6) is 0 Å². The molecule has 1 aromatic heterocycles. The molecule has 0 aliphatic carbocycles. The average Bonchev–Trinajstić information content (AvgIpc) is 2.75. The number of hydrogen-bond donors (Lipinski definition) is 3. The van der Waals surface area contributed by atoms with Gasteiger partial charge in [0.05, 0.1) is 5.69 Å². The molecule has 0 amide bonds. The number of sulfonamides is 1. The maximum Gasteiger partial charge on any atom is 0.281 e. The zero-order chi connectivity index (χ0) is 15.8. The Labute approximate surface area is 127 Å². The van der Waals surface area contributed by atoms with Gasteiger partial charge in [-0.3, -0.25) is 9.82 Å². The summed E-state index contributed by atoms with van der Waals surface area (Å²) in [6.07, 6.45) is 0. The predicted molar refractivity (Wildman–Crippen MR) is 76.1 cm³/mol. The zero-order valence-electron chi connectivity index (χ0n) is 10.7. The highest BCUT2D eigenvalue weighted by Gasteiger charge is 2.25. The molecule has 6 nitrogen and oxygen atoms in total. The largest absolute Gasteiger partial charge is 0.326 e. The van der Waals surface area contributed by atoms with Gasteiger partial charge in [0.25, 0.3) is 10.0 Å². The molecule has 0 radical (unpaired) electrons. The number of benzene rings is 1. The van der Waals surface area contributed by atoms with E-state index in [-0.39, 0.29) is 16.0 Å². The van der Waals surface area contributed by atoms with Crippen molar-refractivity contribution in [3.05, 3.63) is 39.5 Å². The summed E-state index contributed by atoms with van der Waals surface area (Å²) >= 11 is 2.90. The van der Waals surface area contributed by atoms with Crippen LogP contribution in [0.15, 0.2) is 21.6 Å². The Morgan fingerprint density at radius 1 is 1.43 bits per heavy atom. The van der Waals surface area contributed by atoms with Crippen LogP contribution < -0.4 is 10.5 Å². The van der Waals surface area contributed by atoms with Crippen LogP contribution in [-0.2, 0) is 16.6 Å². The Morgan fingerprint density at radius 2 is 2.10 bits per heavy atom. The normalized spacial score (nSPS) is 11.7. The number of halogens is 3. The Morgan fingerprint density at radius 3 is 2.67 bits per heavy atom. The third-order valence-electron chi connectivity index (χ3n) is 2.74. The number of hydrogen-bond acceptors (Lipinski definition) is 4. The Hall–Kier alpha value is -1.52. The molecule has 1 heterocycles. The smallest absolute Gasteiger partial charge is 0.281 e. The third kappa shape index (κ3) is 3.06. The van der Waals surface area contributed by atoms with E-state index < -0.39 is 27.3 Å². The number of anilines is 1. The van der Waals surface area contributed by atoms with Crippen LogP contribution in [0.2, 0.25) is 0 Å². The predicted octanol–water partition coefficient (Wildman–Crippen LogP) is 2.02. The monoisotopic (exact) mass is 380 g/mol. The van der Waals surface area contributed by atoms with Gasteiger partial charge in [-0.15, -0.1) is 0 Å². The lowest BCUT2D eigenvalue weighted by Gasteiger charge is -2.10. The first-order valence-electron chi connectivity index (χ1n) is 5.67. The van der Waals surface area contributed by atoms with Crippen LogP contribution >= 0.6 is 15.9 Å². The lowest BCUT2D eigenvalue weighted by molar-refractivity contribution is 0.580. The molecule has 10 heteroatoms. The van der Waals surface area contributed by atoms with E-state index in [9.17, 15) is 17.2 Å². The summed E-state index contributed by atoms with van der Waals surface area (Å²) in [6, 6.07) is 1.52. The number of nitrogens with one attached hydrogen (secondary N) is 2. The van der Waals surface area contributed by atoms with Crippen molar-refractivity contribution in [2.45, 2.75) is 18.5 Å². The van der Waals surface area contributed by atoms with E-state index in [2.05, 4.69) is 26.1 Å². The minimum Gasteiger partial charge on any atom is -0.326 e. The zero-order valence-corrected chi connectivity index (χ0v) is 13.1. The molecule has 0 spiro atoms. The number of rotatable bonds is 4. The fourth-order valence-corrected chi connectivity index (χ4v) is 3.65. The molecule has 0 saturated carbocycles. The molecule has 0 unspecified atom stereocenters. The van der Waals surface area contributed by atoms with Gasteiger partial charge in [-0.25, -0.2) is 8.78 Å². The molecule has 2 aromatic rings. The number of H-pyrrole nitrogens is 1. The van der Waals surface area contributed by atoms with Gasteiger partial charge in [-0.1, -0.05) is 0 Å². The first-order valence-corrected chi connectivity index (χ1v) is 7.95. The van der Waals surface area contributed by atoms with Gasteiger partial charge < -0.3 is 5.73 Å². The summed E-state index contributed by atoms with van der Waals surface area (Å²) in [7, 11) is -4.16. The summed E-state index contributed by atoms with van der Waals surface area (Å²) in [5.74, 6) is -1.88. The summed E-state index contributed by atoms with van der Waals surface area (Å²) in [5, 5.41) is 5.85. The SMILES string of the molecule is Cc1[nH]nc(S(=O)(=O)Nc2c(F)cc(F)cc2Br)c1CN. The topological polar surface area (TPSA) is 101 Å². The first kappa shape index (κ1) is 15.9. The molecule has 114 valence electrons. The molecule has 4 N–H and O–H groups in total. The van der Waals surface area contributed by atoms with Crippen molar-refractivity contribution in [1.29, 1.82) is 0 Å². The second-order valence-electron chi connectivity index (χ2n) is 4.19. The van der Waals surface area contributed by atoms with Crippen molar-refractivity contribution in [1.82, 2.24) is 10.2 Å². The fourth-order valence-electron chi connectivity index (χ4n) is 1.72. The highest BCUT2D eigenvalue weighted by Crippen LogP contribution is 2.29. The molecule has 2 rings (SSSR count). The minimum atomic E-state index is -4.16. The van der Waals surface area contributed by atoms with Gasteiger partial charge in [-0.2, -0.15) is 13.5 Å². The minimum absolute atomic E-state index is 0.0500. The van der Waals surface area contributed by atoms with Gasteiger partial charge in [0, 0.05) is 28.3 Å². The maximum atomic E-state index is 13.7. The number of aryl methyl sites for hydroxylation is 1. The van der Waals surface area contributed by atoms with Gasteiger partial charge in [0.1, 0.15) is 5.82 Å². The summed E-state index contributed by atoms with van der Waals surface area (Å²) in [6.45, 7) is 1.56. The van der Waals surface area contributed by atoms with Crippen LogP contribution in [0.4, 0.5) is 14.5 Å². The Bertz CT molecular complexity index is 769. The highest BCUT2D eigenvalue weighted by molar-refractivity contribution is 9.10. The maximum absolute atomic E-state index is 13.7. The van der Waals surface area contributed by atoms with Crippen LogP contribution in [-0.4, -0.2) is 18.6 Å². The molecule has 0 fully saturated rings. The lowest BCUT2D eigenvalue weighted by Crippen LogP contribution is -2.17. The lowest BCUT2D eigenvalue weighted by atomic mass is 10.3. The van der Waals surface area contributed by atoms with E-state index in [1.54, 1.807) is 6.92 Å². The van der Waals surface area contributed by atoms with E-state index in [0.29, 0.717) is 17.3 Å². The summed E-state index contributed by atoms with van der Waals surface area (Å²) in [5.41, 5.74) is 5.87. The summed E-state index contributed by atoms with van der Waals surface area (Å²) in [4.78, 5) is 0. The van der Waals surface area contributed by atoms with Crippen LogP contribution in [0, 0.1) is 18.6 Å². The molecule has 0 atom stereocenters. The number of aromatic nitrogens is 2. The van der Waals surface area contributed by atoms with Crippen molar-refractivity contribution >= 4 is 31.6 Å². The van der Waals surface area contributed by atoms with E-state index in [0.717, 1.165) is 6.07 Å². The van der Waals surface area contributed by atoms with E-state index in [4.69, 9.17) is 5.73 Å². The quantitative estimate of drug-likeness (QED) is 0.754. The van der Waals surface area contributed by atoms with Gasteiger partial charge in [-0.05, 0) is 28.9 Å². The number of nitrogens with zero attached hydrogens (tertiary/aromatic N) is 1.